The zero-order valence-corrected chi connectivity index (χ0v) is 13.3. The first-order valence-electron chi connectivity index (χ1n) is 7.53. The average molecular weight is 309 g/mol. The summed E-state index contributed by atoms with van der Waals surface area (Å²) in [5, 5.41) is 0. The normalized spacial score (nSPS) is 22.6. The standard InChI is InChI=1S/C15H21ClN4O/c1-10-3-5-11(6-4-10)8-20-12(7-16)19-13-14(20)17-9-18-15(13)21-2/h9-11H,3-8H2,1-2H3. The Balaban J connectivity index is 1.93. The molecule has 3 rings (SSSR count). The van der Waals surface area contributed by atoms with E-state index in [1.54, 1.807) is 7.11 Å². The molecular weight excluding hydrogens is 288 g/mol. The van der Waals surface area contributed by atoms with E-state index >= 15 is 0 Å². The summed E-state index contributed by atoms with van der Waals surface area (Å²) in [5.74, 6) is 3.28. The number of hydrogen-bond acceptors (Lipinski definition) is 4. The fourth-order valence-electron chi connectivity index (χ4n) is 3.17. The smallest absolute Gasteiger partial charge is 0.245 e. The van der Waals surface area contributed by atoms with E-state index in [1.807, 2.05) is 0 Å². The number of ether oxygens (including phenoxy) is 1. The first-order valence-corrected chi connectivity index (χ1v) is 8.06. The van der Waals surface area contributed by atoms with Gasteiger partial charge in [-0.25, -0.2) is 9.97 Å². The van der Waals surface area contributed by atoms with Crippen molar-refractivity contribution in [1.29, 1.82) is 0 Å². The molecule has 0 bridgehead atoms. The quantitative estimate of drug-likeness (QED) is 0.812. The molecule has 114 valence electrons. The Morgan fingerprint density at radius 1 is 1.29 bits per heavy atom. The topological polar surface area (TPSA) is 52.8 Å². The zero-order valence-electron chi connectivity index (χ0n) is 12.5. The molecule has 1 aliphatic rings. The van der Waals surface area contributed by atoms with Gasteiger partial charge in [-0.2, -0.15) is 4.98 Å². The SMILES string of the molecule is COc1ncnc2c1nc(CCl)n2CC1CCC(C)CC1. The van der Waals surface area contributed by atoms with Gasteiger partial charge >= 0.3 is 0 Å². The number of hydrogen-bond donors (Lipinski definition) is 0. The monoisotopic (exact) mass is 308 g/mol. The number of imidazole rings is 1. The lowest BCUT2D eigenvalue weighted by molar-refractivity contribution is 0.265. The lowest BCUT2D eigenvalue weighted by Gasteiger charge is -2.26. The number of rotatable bonds is 4. The maximum Gasteiger partial charge on any atom is 0.245 e. The van der Waals surface area contributed by atoms with E-state index in [2.05, 4.69) is 26.4 Å². The van der Waals surface area contributed by atoms with Crippen LogP contribution >= 0.6 is 11.6 Å². The lowest BCUT2D eigenvalue weighted by Crippen LogP contribution is -2.19. The van der Waals surface area contributed by atoms with Gasteiger partial charge in [0.05, 0.1) is 13.0 Å². The Kier molecular flexibility index (Phi) is 4.29. The maximum absolute atomic E-state index is 6.07. The van der Waals surface area contributed by atoms with Gasteiger partial charge < -0.3 is 9.30 Å². The highest BCUT2D eigenvalue weighted by molar-refractivity contribution is 6.16. The molecule has 1 aliphatic carbocycles. The molecule has 2 aromatic heterocycles. The summed E-state index contributed by atoms with van der Waals surface area (Å²) in [5.41, 5.74) is 1.54. The number of nitrogens with zero attached hydrogens (tertiary/aromatic N) is 4. The van der Waals surface area contributed by atoms with Gasteiger partial charge in [0.15, 0.2) is 11.2 Å². The van der Waals surface area contributed by atoms with Crippen molar-refractivity contribution in [2.75, 3.05) is 7.11 Å². The molecule has 5 nitrogen and oxygen atoms in total. The Hall–Kier alpha value is -1.36. The Morgan fingerprint density at radius 3 is 2.71 bits per heavy atom. The minimum absolute atomic E-state index is 0.378. The van der Waals surface area contributed by atoms with Crippen LogP contribution in [0.1, 0.15) is 38.4 Å². The molecule has 0 amide bonds. The molecule has 0 saturated heterocycles. The van der Waals surface area contributed by atoms with E-state index in [9.17, 15) is 0 Å². The Morgan fingerprint density at radius 2 is 2.05 bits per heavy atom. The van der Waals surface area contributed by atoms with Gasteiger partial charge in [0, 0.05) is 6.54 Å². The van der Waals surface area contributed by atoms with Gasteiger partial charge in [0.2, 0.25) is 5.88 Å². The molecule has 0 aliphatic heterocycles. The van der Waals surface area contributed by atoms with Crippen molar-refractivity contribution < 1.29 is 4.74 Å². The van der Waals surface area contributed by atoms with Crippen LogP contribution in [-0.2, 0) is 12.4 Å². The molecule has 2 heterocycles. The van der Waals surface area contributed by atoms with Crippen LogP contribution in [0.15, 0.2) is 6.33 Å². The van der Waals surface area contributed by atoms with E-state index in [0.717, 1.165) is 23.9 Å². The van der Waals surface area contributed by atoms with Gasteiger partial charge in [-0.15, -0.1) is 11.6 Å². The Labute approximate surface area is 129 Å². The molecule has 0 unspecified atom stereocenters. The van der Waals surface area contributed by atoms with Crippen LogP contribution in [-0.4, -0.2) is 26.6 Å². The first kappa shape index (κ1) is 14.6. The summed E-state index contributed by atoms with van der Waals surface area (Å²) in [6.45, 7) is 3.27. The zero-order chi connectivity index (χ0) is 14.8. The van der Waals surface area contributed by atoms with Gasteiger partial charge in [0.1, 0.15) is 12.2 Å². The molecule has 0 N–H and O–H groups in total. The molecule has 1 saturated carbocycles. The highest BCUT2D eigenvalue weighted by Crippen LogP contribution is 2.31. The number of methoxy groups -OCH3 is 1. The molecule has 0 aromatic carbocycles. The second-order valence-corrected chi connectivity index (χ2v) is 6.22. The molecule has 6 heteroatoms. The fourth-order valence-corrected chi connectivity index (χ4v) is 3.38. The summed E-state index contributed by atoms with van der Waals surface area (Å²) in [6.07, 6.45) is 6.69. The van der Waals surface area contributed by atoms with Crippen LogP contribution in [0.2, 0.25) is 0 Å². The first-order chi connectivity index (χ1) is 10.2. The van der Waals surface area contributed by atoms with Crippen molar-refractivity contribution in [3.8, 4) is 5.88 Å². The third-order valence-electron chi connectivity index (χ3n) is 4.47. The van der Waals surface area contributed by atoms with Crippen molar-refractivity contribution in [2.45, 2.75) is 45.0 Å². The summed E-state index contributed by atoms with van der Waals surface area (Å²) in [7, 11) is 1.60. The van der Waals surface area contributed by atoms with Crippen molar-refractivity contribution in [3.05, 3.63) is 12.2 Å². The third-order valence-corrected chi connectivity index (χ3v) is 4.71. The highest BCUT2D eigenvalue weighted by atomic mass is 35.5. The predicted octanol–water partition coefficient (Wildman–Crippen LogP) is 3.40. The van der Waals surface area contributed by atoms with Crippen molar-refractivity contribution in [2.24, 2.45) is 11.8 Å². The summed E-state index contributed by atoms with van der Waals surface area (Å²) >= 11 is 6.07. The van der Waals surface area contributed by atoms with Crippen LogP contribution in [0, 0.1) is 11.8 Å². The molecule has 0 radical (unpaired) electrons. The van der Waals surface area contributed by atoms with Crippen molar-refractivity contribution >= 4 is 22.8 Å². The largest absolute Gasteiger partial charge is 0.479 e. The number of alkyl halides is 1. The third kappa shape index (κ3) is 2.84. The molecule has 0 spiro atoms. The Bertz CT molecular complexity index is 619. The summed E-state index contributed by atoms with van der Waals surface area (Å²) < 4.78 is 7.42. The van der Waals surface area contributed by atoms with E-state index in [-0.39, 0.29) is 0 Å². The minimum atomic E-state index is 0.378. The fraction of sp³-hybridized carbons (Fsp3) is 0.667. The lowest BCUT2D eigenvalue weighted by atomic mass is 9.83. The second kappa shape index (κ2) is 6.18. The molecule has 2 aromatic rings. The average Bonchev–Trinajstić information content (AvgIpc) is 2.87. The molecule has 1 fully saturated rings. The van der Waals surface area contributed by atoms with E-state index < -0.39 is 0 Å². The van der Waals surface area contributed by atoms with Crippen LogP contribution < -0.4 is 4.74 Å². The van der Waals surface area contributed by atoms with Crippen molar-refractivity contribution in [3.63, 3.8) is 0 Å². The van der Waals surface area contributed by atoms with Crippen LogP contribution in [0.4, 0.5) is 0 Å². The van der Waals surface area contributed by atoms with E-state index in [1.165, 1.54) is 32.0 Å². The maximum atomic E-state index is 6.07. The van der Waals surface area contributed by atoms with E-state index in [0.29, 0.717) is 23.2 Å². The molecule has 21 heavy (non-hydrogen) atoms. The van der Waals surface area contributed by atoms with Crippen molar-refractivity contribution in [1.82, 2.24) is 19.5 Å². The van der Waals surface area contributed by atoms with Crippen LogP contribution in [0.25, 0.3) is 11.2 Å². The van der Waals surface area contributed by atoms with E-state index in [4.69, 9.17) is 16.3 Å². The predicted molar refractivity (Wildman–Crippen MR) is 82.6 cm³/mol. The van der Waals surface area contributed by atoms with Crippen LogP contribution in [0.3, 0.4) is 0 Å². The second-order valence-electron chi connectivity index (χ2n) is 5.95. The van der Waals surface area contributed by atoms with Crippen LogP contribution in [0.5, 0.6) is 5.88 Å². The molecule has 0 atom stereocenters. The molecular formula is C15H21ClN4O. The minimum Gasteiger partial charge on any atom is -0.479 e. The number of fused-ring (bicyclic) bond motifs is 1. The van der Waals surface area contributed by atoms with Gasteiger partial charge in [-0.1, -0.05) is 19.8 Å². The summed E-state index contributed by atoms with van der Waals surface area (Å²) in [4.78, 5) is 13.1. The van der Waals surface area contributed by atoms with Gasteiger partial charge in [0.25, 0.3) is 0 Å². The number of halogens is 1. The van der Waals surface area contributed by atoms with Gasteiger partial charge in [-0.05, 0) is 24.7 Å². The summed E-state index contributed by atoms with van der Waals surface area (Å²) in [6, 6.07) is 0. The number of aromatic nitrogens is 4. The van der Waals surface area contributed by atoms with Gasteiger partial charge in [-0.3, -0.25) is 0 Å². The highest BCUT2D eigenvalue weighted by Gasteiger charge is 2.22.